The molecular weight excluding hydrogens is 378 g/mol. The highest BCUT2D eigenvalue weighted by Crippen LogP contribution is 2.21. The molecule has 118 valence electrons. The van der Waals surface area contributed by atoms with E-state index in [1.807, 2.05) is 41.1 Å². The largest absolute Gasteiger partial charge is 0.347 e. The van der Waals surface area contributed by atoms with Crippen molar-refractivity contribution in [1.82, 2.24) is 15.4 Å². The maximum Gasteiger partial charge on any atom is 0.279 e. The summed E-state index contributed by atoms with van der Waals surface area (Å²) in [5.74, 6) is -0.549. The Labute approximate surface area is 145 Å². The first-order valence-corrected chi connectivity index (χ1v) is 8.63. The van der Waals surface area contributed by atoms with Gasteiger partial charge in [-0.05, 0) is 45.6 Å². The molecule has 0 aliphatic rings. The third kappa shape index (κ3) is 3.80. The van der Waals surface area contributed by atoms with E-state index in [2.05, 4.69) is 26.8 Å². The van der Waals surface area contributed by atoms with Crippen LogP contribution < -0.4 is 10.9 Å². The van der Waals surface area contributed by atoms with Crippen molar-refractivity contribution in [3.63, 3.8) is 0 Å². The fraction of sp³-hybridized carbons (Fsp3) is 0.125. The van der Waals surface area contributed by atoms with Crippen LogP contribution in [-0.2, 0) is 11.3 Å². The highest BCUT2D eigenvalue weighted by Gasteiger charge is 2.10. The van der Waals surface area contributed by atoms with Crippen LogP contribution in [0, 0.1) is 0 Å². The minimum absolute atomic E-state index is 0.230. The summed E-state index contributed by atoms with van der Waals surface area (Å²) in [7, 11) is 0. The zero-order valence-electron chi connectivity index (χ0n) is 12.1. The van der Waals surface area contributed by atoms with Crippen molar-refractivity contribution in [3.05, 3.63) is 57.3 Å². The summed E-state index contributed by atoms with van der Waals surface area (Å²) in [6.07, 6.45) is 2.24. The standard InChI is InChI=1S/C16H14BrN3O2S/c17-14-6-5-13(23-14)16(22)19-18-15(21)8-10-20-9-7-11-3-1-2-4-12(11)20/h1-7,9H,8,10H2,(H,18,21)(H,19,22). The number of para-hydroxylation sites is 1. The van der Waals surface area contributed by atoms with Crippen molar-refractivity contribution in [3.8, 4) is 0 Å². The summed E-state index contributed by atoms with van der Waals surface area (Å²) >= 11 is 4.61. The molecule has 0 fully saturated rings. The van der Waals surface area contributed by atoms with Crippen LogP contribution in [0.1, 0.15) is 16.1 Å². The van der Waals surface area contributed by atoms with Gasteiger partial charge in [0.1, 0.15) is 0 Å². The second-order valence-electron chi connectivity index (χ2n) is 4.92. The molecule has 3 rings (SSSR count). The van der Waals surface area contributed by atoms with Gasteiger partial charge in [0.15, 0.2) is 0 Å². The molecule has 0 unspecified atom stereocenters. The van der Waals surface area contributed by atoms with Crippen molar-refractivity contribution >= 4 is 50.0 Å². The van der Waals surface area contributed by atoms with E-state index in [4.69, 9.17) is 0 Å². The zero-order valence-corrected chi connectivity index (χ0v) is 14.5. The number of aromatic nitrogens is 1. The van der Waals surface area contributed by atoms with Crippen LogP contribution >= 0.6 is 27.3 Å². The molecule has 7 heteroatoms. The molecule has 2 N–H and O–H groups in total. The number of benzene rings is 1. The number of carbonyl (C=O) groups excluding carboxylic acids is 2. The van der Waals surface area contributed by atoms with E-state index < -0.39 is 0 Å². The van der Waals surface area contributed by atoms with E-state index in [0.29, 0.717) is 11.4 Å². The summed E-state index contributed by atoms with van der Waals surface area (Å²) in [5, 5.41) is 1.14. The SMILES string of the molecule is O=C(CCn1ccc2ccccc21)NNC(=O)c1ccc(Br)s1. The minimum atomic E-state index is -0.319. The lowest BCUT2D eigenvalue weighted by molar-refractivity contribution is -0.122. The summed E-state index contributed by atoms with van der Waals surface area (Å²) in [6, 6.07) is 13.5. The van der Waals surface area contributed by atoms with Gasteiger partial charge in [-0.25, -0.2) is 0 Å². The zero-order chi connectivity index (χ0) is 16.2. The Morgan fingerprint density at radius 1 is 1.09 bits per heavy atom. The number of fused-ring (bicyclic) bond motifs is 1. The van der Waals surface area contributed by atoms with Gasteiger partial charge in [-0.15, -0.1) is 11.3 Å². The number of hydrazine groups is 1. The predicted octanol–water partition coefficient (Wildman–Crippen LogP) is 3.32. The van der Waals surface area contributed by atoms with E-state index in [0.717, 1.165) is 14.7 Å². The van der Waals surface area contributed by atoms with Crippen LogP contribution in [-0.4, -0.2) is 16.4 Å². The van der Waals surface area contributed by atoms with Gasteiger partial charge in [-0.1, -0.05) is 18.2 Å². The Morgan fingerprint density at radius 3 is 2.70 bits per heavy atom. The molecule has 23 heavy (non-hydrogen) atoms. The Morgan fingerprint density at radius 2 is 1.91 bits per heavy atom. The molecule has 0 atom stereocenters. The molecule has 2 amide bonds. The molecule has 0 aliphatic heterocycles. The van der Waals surface area contributed by atoms with Gasteiger partial charge in [0, 0.05) is 24.7 Å². The van der Waals surface area contributed by atoms with Crippen molar-refractivity contribution in [2.24, 2.45) is 0 Å². The molecule has 2 aromatic heterocycles. The molecule has 0 saturated carbocycles. The van der Waals surface area contributed by atoms with E-state index in [-0.39, 0.29) is 18.2 Å². The summed E-state index contributed by atoms with van der Waals surface area (Å²) < 4.78 is 2.89. The van der Waals surface area contributed by atoms with Crippen LogP contribution in [0.25, 0.3) is 10.9 Å². The fourth-order valence-corrected chi connectivity index (χ4v) is 3.53. The van der Waals surface area contributed by atoms with Crippen LogP contribution in [0.5, 0.6) is 0 Å². The third-order valence-corrected chi connectivity index (χ3v) is 4.99. The van der Waals surface area contributed by atoms with Crippen LogP contribution in [0.2, 0.25) is 0 Å². The number of amides is 2. The van der Waals surface area contributed by atoms with E-state index in [9.17, 15) is 9.59 Å². The van der Waals surface area contributed by atoms with Gasteiger partial charge in [-0.3, -0.25) is 20.4 Å². The number of carbonyl (C=O) groups is 2. The molecule has 2 heterocycles. The lowest BCUT2D eigenvalue weighted by atomic mass is 10.2. The van der Waals surface area contributed by atoms with Gasteiger partial charge in [0.2, 0.25) is 5.91 Å². The molecule has 5 nitrogen and oxygen atoms in total. The highest BCUT2D eigenvalue weighted by molar-refractivity contribution is 9.11. The normalized spacial score (nSPS) is 10.7. The topological polar surface area (TPSA) is 63.1 Å². The van der Waals surface area contributed by atoms with Gasteiger partial charge in [0.05, 0.1) is 8.66 Å². The Balaban J connectivity index is 1.51. The third-order valence-electron chi connectivity index (χ3n) is 3.37. The minimum Gasteiger partial charge on any atom is -0.347 e. The monoisotopic (exact) mass is 391 g/mol. The first-order valence-electron chi connectivity index (χ1n) is 7.02. The van der Waals surface area contributed by atoms with Gasteiger partial charge >= 0.3 is 0 Å². The maximum atomic E-state index is 11.9. The van der Waals surface area contributed by atoms with Crippen molar-refractivity contribution in [2.45, 2.75) is 13.0 Å². The highest BCUT2D eigenvalue weighted by atomic mass is 79.9. The van der Waals surface area contributed by atoms with Gasteiger partial charge in [0.25, 0.3) is 5.91 Å². The summed E-state index contributed by atoms with van der Waals surface area (Å²) in [4.78, 5) is 24.2. The fourth-order valence-electron chi connectivity index (χ4n) is 2.24. The predicted molar refractivity (Wildman–Crippen MR) is 94.2 cm³/mol. The molecule has 0 aliphatic carbocycles. The Kier molecular flexibility index (Phi) is 4.78. The first-order chi connectivity index (χ1) is 11.1. The molecule has 3 aromatic rings. The molecule has 0 radical (unpaired) electrons. The van der Waals surface area contributed by atoms with Crippen molar-refractivity contribution in [2.75, 3.05) is 0 Å². The molecule has 1 aromatic carbocycles. The maximum absolute atomic E-state index is 11.9. The van der Waals surface area contributed by atoms with Crippen LogP contribution in [0.4, 0.5) is 0 Å². The number of halogens is 1. The van der Waals surface area contributed by atoms with E-state index in [1.165, 1.54) is 11.3 Å². The number of aryl methyl sites for hydroxylation is 1. The quantitative estimate of drug-likeness (QED) is 0.670. The second-order valence-corrected chi connectivity index (χ2v) is 7.39. The average molecular weight is 392 g/mol. The van der Waals surface area contributed by atoms with E-state index in [1.54, 1.807) is 12.1 Å². The van der Waals surface area contributed by atoms with Crippen LogP contribution in [0.3, 0.4) is 0 Å². The lowest BCUT2D eigenvalue weighted by Crippen LogP contribution is -2.41. The van der Waals surface area contributed by atoms with Crippen molar-refractivity contribution < 1.29 is 9.59 Å². The van der Waals surface area contributed by atoms with Crippen molar-refractivity contribution in [1.29, 1.82) is 0 Å². The smallest absolute Gasteiger partial charge is 0.279 e. The molecule has 0 spiro atoms. The summed E-state index contributed by atoms with van der Waals surface area (Å²) in [6.45, 7) is 0.555. The molecule has 0 saturated heterocycles. The second kappa shape index (κ2) is 6.97. The number of rotatable bonds is 4. The first kappa shape index (κ1) is 15.8. The molecule has 0 bridgehead atoms. The average Bonchev–Trinajstić information content (AvgIpc) is 3.17. The number of hydrogen-bond donors (Lipinski definition) is 2. The number of thiophene rings is 1. The van der Waals surface area contributed by atoms with E-state index >= 15 is 0 Å². The molecular formula is C16H14BrN3O2S. The van der Waals surface area contributed by atoms with Crippen LogP contribution in [0.15, 0.2) is 52.4 Å². The summed E-state index contributed by atoms with van der Waals surface area (Å²) in [5.41, 5.74) is 5.95. The lowest BCUT2D eigenvalue weighted by Gasteiger charge is -2.08. The Hall–Kier alpha value is -2.12. The van der Waals surface area contributed by atoms with Gasteiger partial charge < -0.3 is 4.57 Å². The number of hydrogen-bond acceptors (Lipinski definition) is 3. The number of nitrogens with one attached hydrogen (secondary N) is 2. The Bertz CT molecular complexity index is 856. The number of nitrogens with zero attached hydrogens (tertiary/aromatic N) is 1. The van der Waals surface area contributed by atoms with Gasteiger partial charge in [-0.2, -0.15) is 0 Å².